The van der Waals surface area contributed by atoms with E-state index in [1.54, 1.807) is 24.3 Å². The Bertz CT molecular complexity index is 803. The Morgan fingerprint density at radius 3 is 2.37 bits per heavy atom. The van der Waals surface area contributed by atoms with Crippen LogP contribution in [-0.2, 0) is 26.9 Å². The molecule has 0 spiro atoms. The van der Waals surface area contributed by atoms with Gasteiger partial charge in [-0.1, -0.05) is 12.1 Å². The van der Waals surface area contributed by atoms with Crippen LogP contribution in [-0.4, -0.2) is 25.1 Å². The highest BCUT2D eigenvalue weighted by Gasteiger charge is 2.30. The molecule has 144 valence electrons. The van der Waals surface area contributed by atoms with Crippen molar-refractivity contribution in [2.75, 3.05) is 12.4 Å². The van der Waals surface area contributed by atoms with E-state index in [0.717, 1.165) is 24.3 Å². The lowest BCUT2D eigenvalue weighted by Crippen LogP contribution is -2.30. The number of hydrogen-bond acceptors (Lipinski definition) is 4. The highest BCUT2D eigenvalue weighted by atomic mass is 19.4. The average Bonchev–Trinajstić information content (AvgIpc) is 2.61. The van der Waals surface area contributed by atoms with E-state index in [2.05, 4.69) is 5.32 Å². The molecule has 0 heterocycles. The predicted molar refractivity (Wildman–Crippen MR) is 92.3 cm³/mol. The van der Waals surface area contributed by atoms with Gasteiger partial charge in [0.1, 0.15) is 5.75 Å². The molecule has 1 amide bonds. The summed E-state index contributed by atoms with van der Waals surface area (Å²) in [5.41, 5.74) is 0.0108. The van der Waals surface area contributed by atoms with Crippen molar-refractivity contribution in [1.82, 2.24) is 0 Å². The molecule has 5 nitrogen and oxygen atoms in total. The van der Waals surface area contributed by atoms with Crippen LogP contribution in [0, 0.1) is 0 Å². The third-order valence-electron chi connectivity index (χ3n) is 3.64. The van der Waals surface area contributed by atoms with Gasteiger partial charge in [0.25, 0.3) is 5.91 Å². The molecule has 0 unspecified atom stereocenters. The number of halogens is 3. The first-order valence-electron chi connectivity index (χ1n) is 7.99. The van der Waals surface area contributed by atoms with Crippen molar-refractivity contribution in [2.45, 2.75) is 25.6 Å². The molecule has 0 saturated carbocycles. The third kappa shape index (κ3) is 6.02. The van der Waals surface area contributed by atoms with Gasteiger partial charge in [0.15, 0.2) is 6.10 Å². The monoisotopic (exact) mass is 381 g/mol. The van der Waals surface area contributed by atoms with Gasteiger partial charge in [-0.3, -0.25) is 9.59 Å². The van der Waals surface area contributed by atoms with Crippen molar-refractivity contribution >= 4 is 17.6 Å². The highest BCUT2D eigenvalue weighted by Crippen LogP contribution is 2.29. The second-order valence-electron chi connectivity index (χ2n) is 5.72. The number of nitrogens with one attached hydrogen (secondary N) is 1. The van der Waals surface area contributed by atoms with E-state index in [1.807, 2.05) is 0 Å². The van der Waals surface area contributed by atoms with Crippen LogP contribution in [0.5, 0.6) is 5.75 Å². The SMILES string of the molecule is COc1cccc(CC(=O)O[C@@H](C)C(=O)Nc2ccc(C(F)(F)F)cc2)c1. The van der Waals surface area contributed by atoms with Gasteiger partial charge >= 0.3 is 12.1 Å². The summed E-state index contributed by atoms with van der Waals surface area (Å²) in [5, 5.41) is 2.40. The minimum atomic E-state index is -4.45. The van der Waals surface area contributed by atoms with Crippen molar-refractivity contribution in [1.29, 1.82) is 0 Å². The Kier molecular flexibility index (Phi) is 6.44. The topological polar surface area (TPSA) is 64.6 Å². The van der Waals surface area contributed by atoms with Crippen LogP contribution < -0.4 is 10.1 Å². The molecule has 27 heavy (non-hydrogen) atoms. The van der Waals surface area contributed by atoms with E-state index in [9.17, 15) is 22.8 Å². The standard InChI is InChI=1S/C19H18F3NO4/c1-12(27-17(24)11-13-4-3-5-16(10-13)26-2)18(25)23-15-8-6-14(7-9-15)19(20,21)22/h3-10,12H,11H2,1-2H3,(H,23,25)/t12-/m0/s1. The Balaban J connectivity index is 1.90. The van der Waals surface area contributed by atoms with Gasteiger partial charge in [-0.15, -0.1) is 0 Å². The van der Waals surface area contributed by atoms with E-state index in [1.165, 1.54) is 14.0 Å². The molecule has 0 radical (unpaired) electrons. The number of anilines is 1. The van der Waals surface area contributed by atoms with Gasteiger partial charge in [0.05, 0.1) is 19.1 Å². The van der Waals surface area contributed by atoms with Gasteiger partial charge in [-0.25, -0.2) is 0 Å². The van der Waals surface area contributed by atoms with Gasteiger partial charge in [0.2, 0.25) is 0 Å². The molecule has 1 atom stereocenters. The maximum atomic E-state index is 12.5. The zero-order chi connectivity index (χ0) is 20.0. The highest BCUT2D eigenvalue weighted by molar-refractivity contribution is 5.95. The van der Waals surface area contributed by atoms with E-state index in [0.29, 0.717) is 11.3 Å². The first-order valence-corrected chi connectivity index (χ1v) is 7.99. The van der Waals surface area contributed by atoms with Crippen LogP contribution in [0.3, 0.4) is 0 Å². The van der Waals surface area contributed by atoms with Gasteiger partial charge in [0, 0.05) is 5.69 Å². The molecular weight excluding hydrogens is 363 g/mol. The van der Waals surface area contributed by atoms with Gasteiger partial charge < -0.3 is 14.8 Å². The van der Waals surface area contributed by atoms with Crippen molar-refractivity contribution < 1.29 is 32.2 Å². The summed E-state index contributed by atoms with van der Waals surface area (Å²) in [6.07, 6.45) is -5.61. The number of ether oxygens (including phenoxy) is 2. The zero-order valence-corrected chi connectivity index (χ0v) is 14.7. The van der Waals surface area contributed by atoms with E-state index in [-0.39, 0.29) is 12.1 Å². The molecule has 0 aliphatic carbocycles. The number of amides is 1. The van der Waals surface area contributed by atoms with Crippen molar-refractivity contribution in [2.24, 2.45) is 0 Å². The molecule has 8 heteroatoms. The number of methoxy groups -OCH3 is 1. The molecule has 1 N–H and O–H groups in total. The third-order valence-corrected chi connectivity index (χ3v) is 3.64. The summed E-state index contributed by atoms with van der Waals surface area (Å²) < 4.78 is 47.7. The largest absolute Gasteiger partial charge is 0.497 e. The summed E-state index contributed by atoms with van der Waals surface area (Å²) in [5.74, 6) is -0.666. The lowest BCUT2D eigenvalue weighted by Gasteiger charge is -2.14. The first kappa shape index (κ1) is 20.3. The average molecular weight is 381 g/mol. The Hall–Kier alpha value is -3.03. The summed E-state index contributed by atoms with van der Waals surface area (Å²) in [6.45, 7) is 1.38. The molecule has 0 aromatic heterocycles. The summed E-state index contributed by atoms with van der Waals surface area (Å²) in [7, 11) is 1.51. The molecule has 2 rings (SSSR count). The second kappa shape index (κ2) is 8.57. The lowest BCUT2D eigenvalue weighted by atomic mass is 10.1. The van der Waals surface area contributed by atoms with E-state index >= 15 is 0 Å². The Labute approximate surface area is 154 Å². The number of alkyl halides is 3. The normalized spacial score (nSPS) is 12.2. The number of carbonyl (C=O) groups is 2. The van der Waals surface area contributed by atoms with Crippen molar-refractivity contribution in [3.63, 3.8) is 0 Å². The van der Waals surface area contributed by atoms with E-state index < -0.39 is 29.7 Å². The molecule has 0 saturated heterocycles. The number of rotatable bonds is 6. The Morgan fingerprint density at radius 2 is 1.78 bits per heavy atom. The summed E-state index contributed by atoms with van der Waals surface area (Å²) in [4.78, 5) is 24.0. The number of carbonyl (C=O) groups excluding carboxylic acids is 2. The molecule has 0 aliphatic rings. The van der Waals surface area contributed by atoms with Crippen LogP contribution in [0.15, 0.2) is 48.5 Å². The lowest BCUT2D eigenvalue weighted by molar-refractivity contribution is -0.152. The van der Waals surface area contributed by atoms with Crippen LogP contribution in [0.25, 0.3) is 0 Å². The number of esters is 1. The molecule has 0 bridgehead atoms. The quantitative estimate of drug-likeness (QED) is 0.773. The maximum Gasteiger partial charge on any atom is 0.416 e. The fourth-order valence-electron chi connectivity index (χ4n) is 2.23. The van der Waals surface area contributed by atoms with Crippen molar-refractivity contribution in [3.8, 4) is 5.75 Å². The molecule has 0 fully saturated rings. The summed E-state index contributed by atoms with van der Waals surface area (Å²) in [6, 6.07) is 10.8. The fourth-order valence-corrected chi connectivity index (χ4v) is 2.23. The van der Waals surface area contributed by atoms with Crippen LogP contribution in [0.4, 0.5) is 18.9 Å². The second-order valence-corrected chi connectivity index (χ2v) is 5.72. The van der Waals surface area contributed by atoms with Crippen molar-refractivity contribution in [3.05, 3.63) is 59.7 Å². The minimum absolute atomic E-state index is 0.0465. The maximum absolute atomic E-state index is 12.5. The minimum Gasteiger partial charge on any atom is -0.497 e. The van der Waals surface area contributed by atoms with Gasteiger partial charge in [-0.05, 0) is 48.9 Å². The summed E-state index contributed by atoms with van der Waals surface area (Å²) >= 11 is 0. The van der Waals surface area contributed by atoms with E-state index in [4.69, 9.17) is 9.47 Å². The van der Waals surface area contributed by atoms with Crippen LogP contribution in [0.1, 0.15) is 18.1 Å². The van der Waals surface area contributed by atoms with Crippen LogP contribution >= 0.6 is 0 Å². The predicted octanol–water partition coefficient (Wildman–Crippen LogP) is 3.83. The smallest absolute Gasteiger partial charge is 0.416 e. The number of benzene rings is 2. The first-order chi connectivity index (χ1) is 12.7. The van der Waals surface area contributed by atoms with Crippen LogP contribution in [0.2, 0.25) is 0 Å². The number of hydrogen-bond donors (Lipinski definition) is 1. The molecule has 2 aromatic rings. The Morgan fingerprint density at radius 1 is 1.11 bits per heavy atom. The zero-order valence-electron chi connectivity index (χ0n) is 14.7. The molecular formula is C19H18F3NO4. The fraction of sp³-hybridized carbons (Fsp3) is 0.263. The molecule has 2 aromatic carbocycles. The van der Waals surface area contributed by atoms with Gasteiger partial charge in [-0.2, -0.15) is 13.2 Å². The molecule has 0 aliphatic heterocycles.